The molecule has 2 aliphatic heterocycles. The third kappa shape index (κ3) is 4.79. The molecule has 3 aliphatic rings. The van der Waals surface area contributed by atoms with Crippen LogP contribution in [-0.2, 0) is 31.7 Å². The highest BCUT2D eigenvalue weighted by Crippen LogP contribution is 2.43. The van der Waals surface area contributed by atoms with Crippen LogP contribution in [0.1, 0.15) is 42.5 Å². The fourth-order valence-electron chi connectivity index (χ4n) is 5.45. The number of carbonyl (C=O) groups excluding carboxylic acids is 4. The molecule has 0 N–H and O–H groups in total. The molecule has 0 radical (unpaired) electrons. The molecule has 12 heteroatoms. The minimum atomic E-state index is -4.59. The summed E-state index contributed by atoms with van der Waals surface area (Å²) in [6.45, 7) is 1.93. The van der Waals surface area contributed by atoms with E-state index in [-0.39, 0.29) is 43.7 Å². The molecule has 1 aliphatic carbocycles. The van der Waals surface area contributed by atoms with Crippen molar-refractivity contribution in [3.05, 3.63) is 59.2 Å². The third-order valence-electron chi connectivity index (χ3n) is 7.24. The van der Waals surface area contributed by atoms with Gasteiger partial charge < -0.3 is 9.47 Å². The first kappa shape index (κ1) is 26.5. The van der Waals surface area contributed by atoms with Crippen molar-refractivity contribution in [2.24, 2.45) is 5.92 Å². The number of halogens is 3. The zero-order valence-electron chi connectivity index (χ0n) is 21.1. The summed E-state index contributed by atoms with van der Waals surface area (Å²) in [7, 11) is 0. The fourth-order valence-corrected chi connectivity index (χ4v) is 5.45. The van der Waals surface area contributed by atoms with Crippen molar-refractivity contribution in [2.45, 2.75) is 38.4 Å². The summed E-state index contributed by atoms with van der Waals surface area (Å²) < 4.78 is 51.3. The quantitative estimate of drug-likeness (QED) is 0.400. The van der Waals surface area contributed by atoms with E-state index in [0.29, 0.717) is 24.3 Å². The first-order valence-corrected chi connectivity index (χ1v) is 12.7. The molecule has 206 valence electrons. The number of amides is 4. The topological polar surface area (TPSA) is 96.5 Å². The number of hydrogen-bond donors (Lipinski definition) is 0. The highest BCUT2D eigenvalue weighted by molar-refractivity contribution is 6.13. The second-order valence-corrected chi connectivity index (χ2v) is 9.47. The van der Waals surface area contributed by atoms with Crippen molar-refractivity contribution in [3.63, 3.8) is 0 Å². The molecule has 0 aromatic heterocycles. The molecule has 0 bridgehead atoms. The monoisotopic (exact) mass is 545 g/mol. The summed E-state index contributed by atoms with van der Waals surface area (Å²) in [6.07, 6.45) is -4.35. The molecule has 4 amide bonds. The molecule has 2 aromatic carbocycles. The van der Waals surface area contributed by atoms with Crippen molar-refractivity contribution in [3.8, 4) is 0 Å². The maximum atomic E-state index is 13.8. The number of hydrogen-bond acceptors (Lipinski definition) is 6. The molecule has 2 unspecified atom stereocenters. The van der Waals surface area contributed by atoms with Crippen LogP contribution in [0, 0.1) is 5.92 Å². The number of fused-ring (bicyclic) bond motifs is 1. The van der Waals surface area contributed by atoms with Crippen molar-refractivity contribution in [1.29, 1.82) is 0 Å². The lowest BCUT2D eigenvalue weighted by Crippen LogP contribution is -2.60. The number of benzene rings is 2. The Morgan fingerprint density at radius 2 is 1.74 bits per heavy atom. The number of esters is 1. The van der Waals surface area contributed by atoms with E-state index in [4.69, 9.17) is 9.47 Å². The molecule has 0 saturated carbocycles. The summed E-state index contributed by atoms with van der Waals surface area (Å²) in [5.74, 6) is -2.98. The lowest BCUT2D eigenvalue weighted by molar-refractivity contribution is -0.155. The summed E-state index contributed by atoms with van der Waals surface area (Å²) in [4.78, 5) is 55.7. The number of rotatable bonds is 5. The van der Waals surface area contributed by atoms with E-state index in [1.807, 2.05) is 0 Å². The van der Waals surface area contributed by atoms with Crippen molar-refractivity contribution in [1.82, 2.24) is 4.90 Å². The number of urea groups is 1. The van der Waals surface area contributed by atoms with Crippen LogP contribution in [0.5, 0.6) is 0 Å². The second-order valence-electron chi connectivity index (χ2n) is 9.47. The van der Waals surface area contributed by atoms with Gasteiger partial charge in [-0.05, 0) is 67.6 Å². The molecular formula is C27H26F3N3O6. The van der Waals surface area contributed by atoms with Gasteiger partial charge >= 0.3 is 24.3 Å². The highest BCUT2D eigenvalue weighted by Gasteiger charge is 2.48. The van der Waals surface area contributed by atoms with Gasteiger partial charge in [-0.25, -0.2) is 9.59 Å². The van der Waals surface area contributed by atoms with E-state index in [0.717, 1.165) is 11.0 Å². The average molecular weight is 546 g/mol. The van der Waals surface area contributed by atoms with E-state index in [1.54, 1.807) is 31.2 Å². The lowest BCUT2D eigenvalue weighted by Gasteiger charge is -2.43. The molecule has 2 aromatic rings. The average Bonchev–Trinajstić information content (AvgIpc) is 3.34. The van der Waals surface area contributed by atoms with E-state index >= 15 is 0 Å². The molecule has 39 heavy (non-hydrogen) atoms. The smallest absolute Gasteiger partial charge is 0.416 e. The molecule has 2 heterocycles. The molecule has 2 atom stereocenters. The normalized spacial score (nSPS) is 21.6. The predicted octanol–water partition coefficient (Wildman–Crippen LogP) is 4.69. The zero-order chi connectivity index (χ0) is 27.9. The van der Waals surface area contributed by atoms with Crippen LogP contribution in [0.3, 0.4) is 0 Å². The number of anilines is 2. The Labute approximate surface area is 222 Å². The zero-order valence-corrected chi connectivity index (χ0v) is 21.1. The van der Waals surface area contributed by atoms with Gasteiger partial charge in [0.05, 0.1) is 31.3 Å². The van der Waals surface area contributed by atoms with Gasteiger partial charge in [0.1, 0.15) is 6.61 Å². The molecule has 2 fully saturated rings. The summed E-state index contributed by atoms with van der Waals surface area (Å²) in [5, 5.41) is 0. The van der Waals surface area contributed by atoms with Crippen LogP contribution < -0.4 is 9.80 Å². The number of nitrogens with zero attached hydrogens (tertiary/aromatic N) is 3. The van der Waals surface area contributed by atoms with Gasteiger partial charge in [0.25, 0.3) is 0 Å². The predicted molar refractivity (Wildman–Crippen MR) is 132 cm³/mol. The van der Waals surface area contributed by atoms with Crippen LogP contribution in [0.2, 0.25) is 0 Å². The van der Waals surface area contributed by atoms with Gasteiger partial charge in [-0.15, -0.1) is 0 Å². The van der Waals surface area contributed by atoms with E-state index < -0.39 is 47.7 Å². The maximum absolute atomic E-state index is 13.8. The van der Waals surface area contributed by atoms with Crippen LogP contribution in [0.25, 0.3) is 0 Å². The third-order valence-corrected chi connectivity index (χ3v) is 7.24. The van der Waals surface area contributed by atoms with Gasteiger partial charge in [0.15, 0.2) is 5.92 Å². The first-order chi connectivity index (χ1) is 18.6. The van der Waals surface area contributed by atoms with E-state index in [1.165, 1.54) is 21.9 Å². The summed E-state index contributed by atoms with van der Waals surface area (Å²) in [6, 6.07) is 8.41. The van der Waals surface area contributed by atoms with Gasteiger partial charge in [0, 0.05) is 11.4 Å². The van der Waals surface area contributed by atoms with E-state index in [2.05, 4.69) is 0 Å². The van der Waals surface area contributed by atoms with Crippen molar-refractivity contribution < 1.29 is 41.8 Å². The number of alkyl halides is 3. The maximum Gasteiger partial charge on any atom is 0.416 e. The van der Waals surface area contributed by atoms with Gasteiger partial charge in [-0.2, -0.15) is 13.2 Å². The molecule has 9 nitrogen and oxygen atoms in total. The minimum absolute atomic E-state index is 0.0123. The Morgan fingerprint density at radius 3 is 2.36 bits per heavy atom. The minimum Gasteiger partial charge on any atom is -0.465 e. The number of imide groups is 1. The fraction of sp³-hybridized carbons (Fsp3) is 0.407. The van der Waals surface area contributed by atoms with Crippen LogP contribution in [0.15, 0.2) is 42.5 Å². The molecule has 2 saturated heterocycles. The molecule has 5 rings (SSSR count). The Morgan fingerprint density at radius 1 is 1.05 bits per heavy atom. The number of carbonyl (C=O) groups is 4. The SMILES string of the molecule is CCOC(=O)C1CN(c2ccc(N3CCOC3=O)cc2)C(=O)N(C2CCCc3c2cccc3C(F)(F)F)C1=O. The largest absolute Gasteiger partial charge is 0.465 e. The van der Waals surface area contributed by atoms with Crippen LogP contribution >= 0.6 is 0 Å². The Balaban J connectivity index is 1.53. The summed E-state index contributed by atoms with van der Waals surface area (Å²) in [5.41, 5.74) is 0.389. The second kappa shape index (κ2) is 10.2. The standard InChI is InChI=1S/C27H26F3N3O6/c1-2-38-24(35)20-15-32(17-11-9-16(10-12-17)31-13-14-39-26(31)37)25(36)33(23(20)34)22-8-4-5-18-19(22)6-3-7-21(18)27(28,29)30/h3,6-7,9-12,20,22H,2,4-5,8,13-15H2,1H3. The van der Waals surface area contributed by atoms with Crippen molar-refractivity contribution >= 4 is 35.4 Å². The number of ether oxygens (including phenoxy) is 2. The molecular weight excluding hydrogens is 519 g/mol. The molecule has 0 spiro atoms. The first-order valence-electron chi connectivity index (χ1n) is 12.7. The van der Waals surface area contributed by atoms with Gasteiger partial charge in [-0.3, -0.25) is 24.3 Å². The number of cyclic esters (lactones) is 1. The van der Waals surface area contributed by atoms with Crippen LogP contribution in [-0.4, -0.2) is 55.2 Å². The van der Waals surface area contributed by atoms with Crippen LogP contribution in [0.4, 0.5) is 34.1 Å². The highest BCUT2D eigenvalue weighted by atomic mass is 19.4. The van der Waals surface area contributed by atoms with Crippen molar-refractivity contribution in [2.75, 3.05) is 36.1 Å². The Kier molecular flexibility index (Phi) is 6.96. The Hall–Kier alpha value is -4.09. The van der Waals surface area contributed by atoms with E-state index in [9.17, 15) is 32.3 Å². The lowest BCUT2D eigenvalue weighted by atomic mass is 9.83. The van der Waals surface area contributed by atoms with Gasteiger partial charge in [-0.1, -0.05) is 12.1 Å². The van der Waals surface area contributed by atoms with Gasteiger partial charge in [0.2, 0.25) is 5.91 Å². The summed E-state index contributed by atoms with van der Waals surface area (Å²) >= 11 is 0. The Bertz CT molecular complexity index is 1310.